The molecule has 1 saturated heterocycles. The van der Waals surface area contributed by atoms with Gasteiger partial charge >= 0.3 is 29.8 Å². The molecule has 0 aromatic carbocycles. The fourth-order valence-electron chi connectivity index (χ4n) is 27.5. The number of imide groups is 1. The summed E-state index contributed by atoms with van der Waals surface area (Å²) in [6.07, 6.45) is 41.1. The molecule has 13 nitrogen and oxygen atoms in total. The second-order valence-electron chi connectivity index (χ2n) is 45.3. The fourth-order valence-corrected chi connectivity index (χ4v) is 27.5. The van der Waals surface area contributed by atoms with Gasteiger partial charge < -0.3 is 23.7 Å². The molecule has 19 aliphatic rings. The predicted molar refractivity (Wildman–Crippen MR) is 428 cm³/mol. The number of β-lactam (4-membered cyclic amide) rings is 1. The van der Waals surface area contributed by atoms with Crippen molar-refractivity contribution in [3.8, 4) is 0 Å². The summed E-state index contributed by atoms with van der Waals surface area (Å²) in [5.74, 6) is 17.1. The number of carbonyl (C=O) groups excluding carboxylic acids is 7. The molecule has 19 rings (SSSR count). The third kappa shape index (κ3) is 15.3. The van der Waals surface area contributed by atoms with Gasteiger partial charge in [0.05, 0.1) is 39.0 Å². The second-order valence-corrected chi connectivity index (χ2v) is 45.3. The highest BCUT2D eigenvalue weighted by atomic mass is 16.6. The summed E-state index contributed by atoms with van der Waals surface area (Å²) in [5.41, 5.74) is -1.55. The van der Waals surface area contributed by atoms with E-state index >= 15 is 0 Å². The van der Waals surface area contributed by atoms with Crippen LogP contribution in [0.3, 0.4) is 0 Å². The van der Waals surface area contributed by atoms with Gasteiger partial charge in [-0.1, -0.05) is 89.0 Å². The van der Waals surface area contributed by atoms with Gasteiger partial charge in [-0.3, -0.25) is 38.5 Å². The van der Waals surface area contributed by atoms with E-state index in [2.05, 4.69) is 41.5 Å². The Bertz CT molecular complexity index is 3300. The minimum atomic E-state index is -0.391. The van der Waals surface area contributed by atoms with Crippen molar-refractivity contribution in [2.75, 3.05) is 0 Å². The third-order valence-corrected chi connectivity index (χ3v) is 37.0. The number of fused-ring (bicyclic) bond motifs is 26. The zero-order valence-corrected chi connectivity index (χ0v) is 72.7. The predicted octanol–water partition coefficient (Wildman–Crippen LogP) is 21.9. The van der Waals surface area contributed by atoms with Crippen LogP contribution >= 0.6 is 0 Å². The standard InChI is InChI=1S/C18H28O2.C17H25NO2.2C16H26O2.C16H28O2.C13H22O2/c1-4-18(2,3)17(19)20-14-9-12-8-13(14)16-11-6-5-10(7-11)15(12)16;1-4-17(2,3)16(20)18-14-12-8-11(13(14)15(18)19)9-6-5-7-10(9)12;1-4-15(2,3)14(17)18-16-8-11-5-12(9-16)7-13(6-11)10-16;1-4-16(2,3)15(17)18-14-9-10-8-13(14)12-7-5-6-11(10)12;1-7-14(2,3)13(17)18-12-10-11-8-9-16(12,6)15(11,4)5;1-4-13(2,3)12(14)15-11-8-9-5-6-10(11)7-9/h10-16H,4-9H2,1-3H3;9-14H,4-8H2,1-3H3;11-13H,4-10H2,1-3H3;10-14H,4-9H2,1-3H3;11-12H,7-10H2,1-6H3;9-11H,4-8H2,1-3H3. The number of hydrogen-bond donors (Lipinski definition) is 0. The first-order valence-electron chi connectivity index (χ1n) is 46.1. The molecule has 0 spiro atoms. The highest BCUT2D eigenvalue weighted by Crippen LogP contribution is 2.70. The van der Waals surface area contributed by atoms with E-state index in [1.165, 1.54) is 135 Å². The summed E-state index contributed by atoms with van der Waals surface area (Å²) >= 11 is 0. The van der Waals surface area contributed by atoms with Crippen LogP contribution in [0, 0.1) is 168 Å². The maximum absolute atomic E-state index is 12.7. The number of hydrogen-bond acceptors (Lipinski definition) is 12. The minimum absolute atomic E-state index is 0.00236. The number of rotatable bonds is 17. The van der Waals surface area contributed by atoms with Crippen LogP contribution in [-0.4, -0.2) is 82.6 Å². The smallest absolute Gasteiger partial charge is 0.312 e. The molecule has 616 valence electrons. The molecule has 1 heterocycles. The first-order valence-corrected chi connectivity index (χ1v) is 46.1. The average molecular weight is 1520 g/mol. The van der Waals surface area contributed by atoms with Gasteiger partial charge in [-0.25, -0.2) is 0 Å². The van der Waals surface area contributed by atoms with Crippen molar-refractivity contribution in [3.05, 3.63) is 0 Å². The Morgan fingerprint density at radius 1 is 0.376 bits per heavy atom. The lowest BCUT2D eigenvalue weighted by atomic mass is 9.54. The summed E-state index contributed by atoms with van der Waals surface area (Å²) in [6.45, 7) is 43.3. The molecule has 0 aromatic rings. The van der Waals surface area contributed by atoms with Crippen molar-refractivity contribution in [1.29, 1.82) is 0 Å². The van der Waals surface area contributed by atoms with Gasteiger partial charge in [-0.05, 0) is 392 Å². The van der Waals surface area contributed by atoms with E-state index in [1.54, 1.807) is 4.90 Å². The fraction of sp³-hybridized carbons (Fsp3) is 0.927. The van der Waals surface area contributed by atoms with Crippen LogP contribution in [0.4, 0.5) is 0 Å². The molecule has 1 aliphatic heterocycles. The summed E-state index contributed by atoms with van der Waals surface area (Å²) in [6, 6.07) is 0.269. The highest BCUT2D eigenvalue weighted by molar-refractivity contribution is 6.04. The van der Waals surface area contributed by atoms with Crippen LogP contribution < -0.4 is 0 Å². The van der Waals surface area contributed by atoms with Gasteiger partial charge in [0.25, 0.3) is 0 Å². The van der Waals surface area contributed by atoms with Gasteiger partial charge in [0.2, 0.25) is 11.8 Å². The van der Waals surface area contributed by atoms with E-state index in [0.717, 1.165) is 166 Å². The van der Waals surface area contributed by atoms with Crippen LogP contribution in [0.2, 0.25) is 0 Å². The van der Waals surface area contributed by atoms with Crippen LogP contribution in [0.1, 0.15) is 357 Å². The summed E-state index contributed by atoms with van der Waals surface area (Å²) in [4.78, 5) is 88.0. The zero-order valence-electron chi connectivity index (χ0n) is 72.7. The Balaban J connectivity index is 0.000000115. The molecule has 0 N–H and O–H groups in total. The lowest BCUT2D eigenvalue weighted by molar-refractivity contribution is -0.196. The third-order valence-electron chi connectivity index (χ3n) is 37.0. The maximum Gasteiger partial charge on any atom is 0.312 e. The molecule has 24 atom stereocenters. The van der Waals surface area contributed by atoms with Gasteiger partial charge in [-0.2, -0.15) is 0 Å². The maximum atomic E-state index is 12.7. The molecule has 13 heteroatoms. The molecule has 109 heavy (non-hydrogen) atoms. The van der Waals surface area contributed by atoms with Crippen LogP contribution in [0.25, 0.3) is 0 Å². The molecule has 16 bridgehead atoms. The lowest BCUT2D eigenvalue weighted by Gasteiger charge is -2.56. The van der Waals surface area contributed by atoms with Crippen molar-refractivity contribution in [2.24, 2.45) is 168 Å². The number of likely N-dealkylation sites (tertiary alicyclic amines) is 1. The number of nitrogens with zero attached hydrogens (tertiary/aromatic N) is 1. The SMILES string of the molecule is CCC(C)(C)C(=O)N1C(=O)C2C3CC(C4CCCC43)C21.CCC(C)(C)C(=O)OC12CC3CC(CC(C3)C1)C2.CCC(C)(C)C(=O)OC1CC2CC1C1C3CCC(C3)C21.CCC(C)(C)C(=O)OC1CC2CC1C1CCCC21.CCC(C)(C)C(=O)OC1CC2CCC1(C)C2(C)C.CCC(C)(C)C(=O)OC1CC2CCC1C2. The first kappa shape index (κ1) is 83.4. The number of amides is 2. The normalized spacial score (nSPS) is 42.1. The second kappa shape index (κ2) is 30.8. The molecular weight excluding hydrogens is 1360 g/mol. The van der Waals surface area contributed by atoms with Gasteiger partial charge in [0.15, 0.2) is 0 Å². The van der Waals surface area contributed by atoms with E-state index < -0.39 is 5.41 Å². The average Bonchev–Trinajstić information content (AvgIpc) is 1.54. The number of carbonyl (C=O) groups is 7. The minimum Gasteiger partial charge on any atom is -0.462 e. The molecule has 0 aromatic heterocycles. The molecular formula is C96H155NO12. The summed E-state index contributed by atoms with van der Waals surface area (Å²) in [5, 5.41) is 0. The Morgan fingerprint density at radius 2 is 0.826 bits per heavy atom. The highest BCUT2D eigenvalue weighted by Gasteiger charge is 2.71. The Morgan fingerprint density at radius 3 is 1.31 bits per heavy atom. The van der Waals surface area contributed by atoms with E-state index in [9.17, 15) is 33.6 Å². The van der Waals surface area contributed by atoms with Crippen molar-refractivity contribution >= 4 is 41.7 Å². The largest absolute Gasteiger partial charge is 0.462 e. The Kier molecular flexibility index (Phi) is 23.6. The van der Waals surface area contributed by atoms with Crippen molar-refractivity contribution in [1.82, 2.24) is 4.90 Å². The monoisotopic (exact) mass is 1510 g/mol. The lowest BCUT2D eigenvalue weighted by Crippen LogP contribution is -2.68. The van der Waals surface area contributed by atoms with Crippen molar-refractivity contribution in [2.45, 2.75) is 393 Å². The first-order chi connectivity index (χ1) is 51.1. The van der Waals surface area contributed by atoms with E-state index in [4.69, 9.17) is 23.7 Å². The van der Waals surface area contributed by atoms with Crippen LogP contribution in [0.5, 0.6) is 0 Å². The summed E-state index contributed by atoms with van der Waals surface area (Å²) < 4.78 is 29.5. The topological polar surface area (TPSA) is 169 Å². The van der Waals surface area contributed by atoms with E-state index in [1.807, 2.05) is 104 Å². The summed E-state index contributed by atoms with van der Waals surface area (Å²) in [7, 11) is 0. The number of ether oxygens (including phenoxy) is 5. The molecule has 19 fully saturated rings. The van der Waals surface area contributed by atoms with E-state index in [-0.39, 0.29) is 116 Å². The van der Waals surface area contributed by atoms with E-state index in [0.29, 0.717) is 35.0 Å². The van der Waals surface area contributed by atoms with Gasteiger partial charge in [0.1, 0.15) is 30.0 Å². The Hall–Kier alpha value is -3.51. The van der Waals surface area contributed by atoms with Crippen molar-refractivity contribution < 1.29 is 57.2 Å². The van der Waals surface area contributed by atoms with Gasteiger partial charge in [0, 0.05) is 10.8 Å². The molecule has 24 unspecified atom stereocenters. The van der Waals surface area contributed by atoms with Gasteiger partial charge in [-0.15, -0.1) is 0 Å². The van der Waals surface area contributed by atoms with Crippen molar-refractivity contribution in [3.63, 3.8) is 0 Å². The number of esters is 5. The zero-order chi connectivity index (χ0) is 79.0. The molecule has 0 radical (unpaired) electrons. The molecule has 18 aliphatic carbocycles. The van der Waals surface area contributed by atoms with Crippen LogP contribution in [0.15, 0.2) is 0 Å². The Labute approximate surface area is 661 Å². The van der Waals surface area contributed by atoms with Crippen LogP contribution in [-0.2, 0) is 57.2 Å². The molecule has 2 amide bonds. The molecule has 18 saturated carbocycles. The quantitative estimate of drug-likeness (QED) is 0.0586.